The van der Waals surface area contributed by atoms with Gasteiger partial charge in [0.1, 0.15) is 10.6 Å². The van der Waals surface area contributed by atoms with Crippen LogP contribution in [0, 0.1) is 0 Å². The van der Waals surface area contributed by atoms with Crippen LogP contribution in [-0.2, 0) is 14.9 Å². The van der Waals surface area contributed by atoms with Gasteiger partial charge in [-0.05, 0) is 25.3 Å². The largest absolute Gasteiger partial charge is 0.477 e. The van der Waals surface area contributed by atoms with Crippen molar-refractivity contribution in [1.29, 1.82) is 0 Å². The molecule has 0 bridgehead atoms. The predicted molar refractivity (Wildman–Crippen MR) is 64.1 cm³/mol. The van der Waals surface area contributed by atoms with Gasteiger partial charge in [-0.15, -0.1) is 0 Å². The summed E-state index contributed by atoms with van der Waals surface area (Å²) in [4.78, 5) is 16.2. The molecule has 104 valence electrons. The molecule has 2 aliphatic rings. The van der Waals surface area contributed by atoms with Crippen LogP contribution in [0.3, 0.4) is 0 Å². The van der Waals surface area contributed by atoms with Crippen LogP contribution in [0.4, 0.5) is 0 Å². The highest BCUT2D eigenvalue weighted by Gasteiger charge is 2.34. The van der Waals surface area contributed by atoms with E-state index in [1.165, 1.54) is 16.8 Å². The van der Waals surface area contributed by atoms with Crippen molar-refractivity contribution in [2.75, 3.05) is 13.2 Å². The zero-order valence-electron chi connectivity index (χ0n) is 10.2. The Balaban J connectivity index is 2.00. The van der Waals surface area contributed by atoms with Crippen molar-refractivity contribution >= 4 is 16.0 Å². The Morgan fingerprint density at radius 3 is 2.68 bits per heavy atom. The van der Waals surface area contributed by atoms with E-state index in [0.29, 0.717) is 19.6 Å². The van der Waals surface area contributed by atoms with E-state index in [4.69, 9.17) is 9.94 Å². The summed E-state index contributed by atoms with van der Waals surface area (Å²) in [6, 6.07) is 1.31. The van der Waals surface area contributed by atoms with E-state index < -0.39 is 16.0 Å². The number of aromatic nitrogens is 1. The molecule has 7 nitrogen and oxygen atoms in total. The van der Waals surface area contributed by atoms with Crippen LogP contribution < -0.4 is 0 Å². The van der Waals surface area contributed by atoms with Crippen LogP contribution >= 0.6 is 0 Å². The van der Waals surface area contributed by atoms with E-state index in [9.17, 15) is 13.2 Å². The Morgan fingerprint density at radius 2 is 2.16 bits per heavy atom. The lowest BCUT2D eigenvalue weighted by Crippen LogP contribution is -2.26. The number of nitrogens with zero attached hydrogens (tertiary/aromatic N) is 2. The first kappa shape index (κ1) is 12.6. The summed E-state index contributed by atoms with van der Waals surface area (Å²) in [5.41, 5.74) is 0.0141. The van der Waals surface area contributed by atoms with Gasteiger partial charge in [-0.25, -0.2) is 13.2 Å². The molecule has 8 heteroatoms. The zero-order valence-corrected chi connectivity index (χ0v) is 11.0. The smallest absolute Gasteiger partial charge is 0.352 e. The number of carboxylic acids is 1. The van der Waals surface area contributed by atoms with Crippen molar-refractivity contribution in [3.05, 3.63) is 18.0 Å². The van der Waals surface area contributed by atoms with E-state index in [-0.39, 0.29) is 16.6 Å². The van der Waals surface area contributed by atoms with Gasteiger partial charge in [-0.2, -0.15) is 0 Å². The first-order valence-corrected chi connectivity index (χ1v) is 7.55. The minimum atomic E-state index is -3.75. The summed E-state index contributed by atoms with van der Waals surface area (Å²) >= 11 is 0. The molecule has 0 spiro atoms. The Kier molecular flexibility index (Phi) is 2.88. The van der Waals surface area contributed by atoms with Crippen molar-refractivity contribution in [3.63, 3.8) is 0 Å². The topological polar surface area (TPSA) is 88.8 Å². The number of sulfonamides is 1. The Bertz CT molecular complexity index is 611. The van der Waals surface area contributed by atoms with Crippen LogP contribution in [0.2, 0.25) is 0 Å². The van der Waals surface area contributed by atoms with E-state index in [1.54, 1.807) is 0 Å². The third kappa shape index (κ3) is 2.15. The van der Waals surface area contributed by atoms with Gasteiger partial charge in [0.15, 0.2) is 0 Å². The molecule has 19 heavy (non-hydrogen) atoms. The number of carbonyl (C=O) groups is 1. The van der Waals surface area contributed by atoms with Gasteiger partial charge < -0.3 is 9.67 Å². The molecule has 1 aromatic heterocycles. The summed E-state index contributed by atoms with van der Waals surface area (Å²) < 4.78 is 27.0. The molecule has 1 aromatic rings. The second-order valence-electron chi connectivity index (χ2n) is 4.72. The number of rotatable bonds is 4. The van der Waals surface area contributed by atoms with Gasteiger partial charge in [-0.1, -0.05) is 4.47 Å². The molecular weight excluding hydrogens is 272 g/mol. The van der Waals surface area contributed by atoms with Gasteiger partial charge in [0, 0.05) is 18.8 Å². The van der Waals surface area contributed by atoms with Crippen molar-refractivity contribution < 1.29 is 23.2 Å². The zero-order chi connectivity index (χ0) is 13.6. The monoisotopic (exact) mass is 286 g/mol. The highest BCUT2D eigenvalue weighted by Crippen LogP contribution is 2.37. The summed E-state index contributed by atoms with van der Waals surface area (Å²) in [5.74, 6) is -1.12. The van der Waals surface area contributed by atoms with Crippen LogP contribution in [-0.4, -0.2) is 41.7 Å². The summed E-state index contributed by atoms with van der Waals surface area (Å²) in [7, 11) is -3.75. The molecule has 1 N–H and O–H groups in total. The Morgan fingerprint density at radius 1 is 1.42 bits per heavy atom. The minimum Gasteiger partial charge on any atom is -0.477 e. The average Bonchev–Trinajstić information content (AvgIpc) is 2.91. The van der Waals surface area contributed by atoms with Crippen molar-refractivity contribution in [3.8, 4) is 0 Å². The molecule has 0 amide bonds. The van der Waals surface area contributed by atoms with Crippen LogP contribution in [0.15, 0.2) is 17.2 Å². The molecule has 1 saturated heterocycles. The predicted octanol–water partition coefficient (Wildman–Crippen LogP) is 0.847. The fourth-order valence-electron chi connectivity index (χ4n) is 2.15. The fourth-order valence-corrected chi connectivity index (χ4v) is 3.48. The molecule has 1 aliphatic carbocycles. The number of aromatic carboxylic acids is 1. The van der Waals surface area contributed by atoms with E-state index in [2.05, 4.69) is 0 Å². The van der Waals surface area contributed by atoms with Crippen molar-refractivity contribution in [2.24, 2.45) is 0 Å². The summed E-state index contributed by atoms with van der Waals surface area (Å²) in [5, 5.41) is 9.13. The van der Waals surface area contributed by atoms with Gasteiger partial charge in [0.2, 0.25) is 0 Å². The average molecular weight is 286 g/mol. The molecule has 0 unspecified atom stereocenters. The lowest BCUT2D eigenvalue weighted by Gasteiger charge is -2.12. The van der Waals surface area contributed by atoms with E-state index in [1.807, 2.05) is 0 Å². The molecule has 2 fully saturated rings. The maximum absolute atomic E-state index is 12.3. The third-order valence-electron chi connectivity index (χ3n) is 3.27. The Labute approximate surface area is 110 Å². The van der Waals surface area contributed by atoms with Crippen molar-refractivity contribution in [1.82, 2.24) is 9.04 Å². The number of hydrogen-bond acceptors (Lipinski definition) is 4. The Hall–Kier alpha value is -1.38. The maximum Gasteiger partial charge on any atom is 0.352 e. The number of hydrogen-bond donors (Lipinski definition) is 1. The highest BCUT2D eigenvalue weighted by molar-refractivity contribution is 7.89. The van der Waals surface area contributed by atoms with Crippen LogP contribution in [0.25, 0.3) is 0 Å². The molecule has 1 saturated carbocycles. The number of hydroxylamine groups is 1. The normalized spacial score (nSPS) is 20.8. The van der Waals surface area contributed by atoms with Gasteiger partial charge in [-0.3, -0.25) is 4.84 Å². The summed E-state index contributed by atoms with van der Waals surface area (Å²) in [6.07, 6.45) is 3.82. The van der Waals surface area contributed by atoms with Crippen LogP contribution in [0.5, 0.6) is 0 Å². The molecule has 0 radical (unpaired) electrons. The quantitative estimate of drug-likeness (QED) is 0.886. The van der Waals surface area contributed by atoms with Gasteiger partial charge in [0.25, 0.3) is 10.0 Å². The van der Waals surface area contributed by atoms with E-state index in [0.717, 1.165) is 17.3 Å². The standard InChI is InChI=1S/C11H14N2O5S/c14-11(15)10-6-9(7-12(10)8-2-3-8)19(16,17)13-4-1-5-18-13/h6-8H,1-5H2,(H,14,15). The second kappa shape index (κ2) is 4.32. The lowest BCUT2D eigenvalue weighted by molar-refractivity contribution is -0.0284. The second-order valence-corrected chi connectivity index (χ2v) is 6.55. The fraction of sp³-hybridized carbons (Fsp3) is 0.545. The third-order valence-corrected chi connectivity index (χ3v) is 4.91. The highest BCUT2D eigenvalue weighted by atomic mass is 32.2. The maximum atomic E-state index is 12.3. The molecular formula is C11H14N2O5S. The number of carboxylic acid groups (broad SMARTS) is 1. The molecule has 0 aromatic carbocycles. The van der Waals surface area contributed by atoms with Gasteiger partial charge >= 0.3 is 5.97 Å². The van der Waals surface area contributed by atoms with E-state index >= 15 is 0 Å². The molecule has 2 heterocycles. The molecule has 3 rings (SSSR count). The SMILES string of the molecule is O=C(O)c1cc(S(=O)(=O)N2CCCO2)cn1C1CC1. The lowest BCUT2D eigenvalue weighted by atomic mass is 10.4. The van der Waals surface area contributed by atoms with Crippen molar-refractivity contribution in [2.45, 2.75) is 30.2 Å². The molecule has 0 atom stereocenters. The first-order chi connectivity index (χ1) is 9.00. The summed E-state index contributed by atoms with van der Waals surface area (Å²) in [6.45, 7) is 0.674. The van der Waals surface area contributed by atoms with Crippen LogP contribution in [0.1, 0.15) is 35.8 Å². The first-order valence-electron chi connectivity index (χ1n) is 6.11. The molecule has 1 aliphatic heterocycles. The minimum absolute atomic E-state index is 0.0141. The van der Waals surface area contributed by atoms with Gasteiger partial charge in [0.05, 0.1) is 6.61 Å².